The van der Waals surface area contributed by atoms with Crippen LogP contribution in [0.15, 0.2) is 24.3 Å². The van der Waals surface area contributed by atoms with Crippen LogP contribution in [0.2, 0.25) is 0 Å². The van der Waals surface area contributed by atoms with E-state index in [4.69, 9.17) is 4.74 Å². The van der Waals surface area contributed by atoms with Crippen LogP contribution in [0.4, 0.5) is 0 Å². The summed E-state index contributed by atoms with van der Waals surface area (Å²) in [4.78, 5) is 0. The van der Waals surface area contributed by atoms with Gasteiger partial charge in [0.2, 0.25) is 0 Å². The van der Waals surface area contributed by atoms with E-state index in [-0.39, 0.29) is 10.8 Å². The molecule has 3 nitrogen and oxygen atoms in total. The molecule has 1 aromatic rings. The number of benzene rings is 1. The number of nitrogens with one attached hydrogen (secondary N) is 1. The van der Waals surface area contributed by atoms with Crippen molar-refractivity contribution >= 4 is 11.4 Å². The fraction of sp³-hybridized carbons (Fsp3) is 0.600. The summed E-state index contributed by atoms with van der Waals surface area (Å²) in [6.07, 6.45) is 0. The standard InChI is InChI=1S/C15H25NO2S/c1-11(2)14(16-19(17)15(3,4)5)12-7-9-13(18-6)10-8-12/h7-11,14,16H,1-6H3/t14-,19+/m0/s1. The second-order valence-corrected chi connectivity index (χ2v) is 7.99. The summed E-state index contributed by atoms with van der Waals surface area (Å²) in [6, 6.07) is 8.00. The number of hydrogen-bond acceptors (Lipinski definition) is 3. The fourth-order valence-corrected chi connectivity index (χ4v) is 2.68. The van der Waals surface area contributed by atoms with Gasteiger partial charge in [-0.3, -0.25) is 0 Å². The zero-order chi connectivity index (χ0) is 14.6. The molecule has 0 aromatic heterocycles. The van der Waals surface area contributed by atoms with Crippen LogP contribution in [0.3, 0.4) is 0 Å². The zero-order valence-electron chi connectivity index (χ0n) is 12.7. The number of hydrogen-bond donors (Lipinski definition) is 1. The first-order valence-corrected chi connectivity index (χ1v) is 7.72. The summed E-state index contributed by atoms with van der Waals surface area (Å²) in [5, 5.41) is 0. The molecule has 2 atom stereocenters. The van der Waals surface area contributed by atoms with Crippen molar-refractivity contribution in [2.45, 2.75) is 45.4 Å². The maximum Gasteiger partial charge on any atom is 0.136 e. The van der Waals surface area contributed by atoms with Crippen LogP contribution in [0.5, 0.6) is 5.75 Å². The third-order valence-electron chi connectivity index (χ3n) is 2.93. The van der Waals surface area contributed by atoms with E-state index >= 15 is 0 Å². The van der Waals surface area contributed by atoms with Crippen molar-refractivity contribution in [2.24, 2.45) is 5.92 Å². The lowest BCUT2D eigenvalue weighted by atomic mass is 9.97. The summed E-state index contributed by atoms with van der Waals surface area (Å²) in [6.45, 7) is 10.2. The molecule has 0 aliphatic carbocycles. The molecular weight excluding hydrogens is 258 g/mol. The zero-order valence-corrected chi connectivity index (χ0v) is 13.5. The van der Waals surface area contributed by atoms with E-state index in [0.717, 1.165) is 11.3 Å². The quantitative estimate of drug-likeness (QED) is 0.842. The van der Waals surface area contributed by atoms with Crippen molar-refractivity contribution in [1.82, 2.24) is 4.72 Å². The first-order chi connectivity index (χ1) is 8.75. The van der Waals surface area contributed by atoms with Gasteiger partial charge in [-0.05, 0) is 44.4 Å². The average Bonchev–Trinajstić information content (AvgIpc) is 2.34. The van der Waals surface area contributed by atoms with Crippen LogP contribution in [0.25, 0.3) is 0 Å². The Balaban J connectivity index is 2.88. The Kier molecular flexibility index (Phi) is 5.71. The Bertz CT molecular complexity index is 384. The molecule has 0 spiro atoms. The van der Waals surface area contributed by atoms with E-state index in [0.29, 0.717) is 5.92 Å². The summed E-state index contributed by atoms with van der Waals surface area (Å²) in [5.74, 6) is 1.20. The highest BCUT2D eigenvalue weighted by molar-refractivity contribution is 7.90. The summed E-state index contributed by atoms with van der Waals surface area (Å²) >= 11 is -1.08. The minimum atomic E-state index is -1.08. The number of methoxy groups -OCH3 is 1. The topological polar surface area (TPSA) is 44.3 Å². The van der Waals surface area contributed by atoms with Crippen molar-refractivity contribution < 1.29 is 9.29 Å². The third-order valence-corrected chi connectivity index (χ3v) is 4.51. The van der Waals surface area contributed by atoms with Gasteiger partial charge in [0.1, 0.15) is 10.5 Å². The van der Waals surface area contributed by atoms with Gasteiger partial charge < -0.3 is 9.29 Å². The van der Waals surface area contributed by atoms with Crippen LogP contribution in [-0.4, -0.2) is 16.4 Å². The Labute approximate surface area is 120 Å². The SMILES string of the molecule is COc1ccc([C@@H](N[S@+]([O-])C(C)(C)C)C(C)C)cc1. The lowest BCUT2D eigenvalue weighted by Gasteiger charge is -2.30. The predicted octanol–water partition coefficient (Wildman–Crippen LogP) is 3.44. The highest BCUT2D eigenvalue weighted by atomic mass is 32.2. The van der Waals surface area contributed by atoms with E-state index in [1.165, 1.54) is 0 Å². The van der Waals surface area contributed by atoms with Crippen LogP contribution in [0, 0.1) is 5.92 Å². The predicted molar refractivity (Wildman–Crippen MR) is 81.6 cm³/mol. The Morgan fingerprint density at radius 3 is 2.05 bits per heavy atom. The van der Waals surface area contributed by atoms with Crippen molar-refractivity contribution in [3.63, 3.8) is 0 Å². The molecule has 1 aromatic carbocycles. The lowest BCUT2D eigenvalue weighted by Crippen LogP contribution is -2.42. The maximum atomic E-state index is 12.3. The van der Waals surface area contributed by atoms with Gasteiger partial charge in [-0.1, -0.05) is 26.0 Å². The van der Waals surface area contributed by atoms with E-state index < -0.39 is 11.4 Å². The van der Waals surface area contributed by atoms with E-state index in [9.17, 15) is 4.55 Å². The molecule has 19 heavy (non-hydrogen) atoms. The van der Waals surface area contributed by atoms with E-state index in [2.05, 4.69) is 18.6 Å². The normalized spacial score (nSPS) is 15.4. The molecule has 1 N–H and O–H groups in total. The maximum absolute atomic E-state index is 12.3. The monoisotopic (exact) mass is 283 g/mol. The second-order valence-electron chi connectivity index (χ2n) is 5.99. The molecule has 0 heterocycles. The van der Waals surface area contributed by atoms with Gasteiger partial charge in [-0.25, -0.2) is 0 Å². The first kappa shape index (κ1) is 16.3. The molecule has 0 radical (unpaired) electrons. The lowest BCUT2D eigenvalue weighted by molar-refractivity contribution is 0.413. The molecule has 0 aliphatic heterocycles. The first-order valence-electron chi connectivity index (χ1n) is 6.57. The van der Waals surface area contributed by atoms with Gasteiger partial charge in [0.25, 0.3) is 0 Å². The van der Waals surface area contributed by atoms with Crippen LogP contribution >= 0.6 is 0 Å². The molecule has 0 saturated carbocycles. The number of rotatable bonds is 5. The molecule has 0 saturated heterocycles. The highest BCUT2D eigenvalue weighted by Gasteiger charge is 2.30. The minimum Gasteiger partial charge on any atom is -0.598 e. The van der Waals surface area contributed by atoms with Gasteiger partial charge in [-0.15, -0.1) is 4.72 Å². The van der Waals surface area contributed by atoms with Gasteiger partial charge in [0.05, 0.1) is 13.2 Å². The third kappa shape index (κ3) is 4.71. The summed E-state index contributed by atoms with van der Waals surface area (Å²) < 4.78 is 20.4. The second kappa shape index (κ2) is 6.64. The van der Waals surface area contributed by atoms with Crippen molar-refractivity contribution in [3.05, 3.63) is 29.8 Å². The van der Waals surface area contributed by atoms with Gasteiger partial charge in [0, 0.05) is 11.4 Å². The van der Waals surface area contributed by atoms with Crippen molar-refractivity contribution in [1.29, 1.82) is 0 Å². The molecule has 0 fully saturated rings. The van der Waals surface area contributed by atoms with Gasteiger partial charge in [-0.2, -0.15) is 0 Å². The van der Waals surface area contributed by atoms with Crippen LogP contribution < -0.4 is 9.46 Å². The van der Waals surface area contributed by atoms with Gasteiger partial charge >= 0.3 is 0 Å². The highest BCUT2D eigenvalue weighted by Crippen LogP contribution is 2.27. The molecule has 0 unspecified atom stereocenters. The molecule has 4 heteroatoms. The van der Waals surface area contributed by atoms with Gasteiger partial charge in [0.15, 0.2) is 0 Å². The minimum absolute atomic E-state index is 0.0750. The molecule has 0 amide bonds. The Hall–Kier alpha value is -0.710. The largest absolute Gasteiger partial charge is 0.598 e. The smallest absolute Gasteiger partial charge is 0.136 e. The molecule has 0 bridgehead atoms. The van der Waals surface area contributed by atoms with E-state index in [1.807, 2.05) is 45.0 Å². The fourth-order valence-electron chi connectivity index (χ4n) is 1.69. The molecule has 0 aliphatic rings. The van der Waals surface area contributed by atoms with Crippen LogP contribution in [-0.2, 0) is 11.4 Å². The Morgan fingerprint density at radius 2 is 1.68 bits per heavy atom. The molecule has 1 rings (SSSR count). The summed E-state index contributed by atoms with van der Waals surface area (Å²) in [5.41, 5.74) is 1.13. The Morgan fingerprint density at radius 1 is 1.16 bits per heavy atom. The summed E-state index contributed by atoms with van der Waals surface area (Å²) in [7, 11) is 1.65. The molecular formula is C15H25NO2S. The van der Waals surface area contributed by atoms with Crippen LogP contribution in [0.1, 0.15) is 46.2 Å². The van der Waals surface area contributed by atoms with Crippen molar-refractivity contribution in [2.75, 3.05) is 7.11 Å². The number of ether oxygens (including phenoxy) is 1. The average molecular weight is 283 g/mol. The van der Waals surface area contributed by atoms with Crippen molar-refractivity contribution in [3.8, 4) is 5.75 Å². The molecule has 108 valence electrons. The van der Waals surface area contributed by atoms with E-state index in [1.54, 1.807) is 7.11 Å².